The Morgan fingerprint density at radius 2 is 2.14 bits per heavy atom. The van der Waals surface area contributed by atoms with Gasteiger partial charge < -0.3 is 10.1 Å². The Labute approximate surface area is 131 Å². The Morgan fingerprint density at radius 3 is 2.82 bits per heavy atom. The molecule has 118 valence electrons. The highest BCUT2D eigenvalue weighted by molar-refractivity contribution is 5.91. The van der Waals surface area contributed by atoms with E-state index in [0.29, 0.717) is 5.56 Å². The van der Waals surface area contributed by atoms with E-state index >= 15 is 0 Å². The fourth-order valence-electron chi connectivity index (χ4n) is 2.02. The number of carbonyl (C=O) groups is 2. The van der Waals surface area contributed by atoms with E-state index in [1.54, 1.807) is 18.2 Å². The van der Waals surface area contributed by atoms with Crippen molar-refractivity contribution in [1.82, 2.24) is 5.32 Å². The Balaban J connectivity index is 2.37. The summed E-state index contributed by atoms with van der Waals surface area (Å²) in [5, 5.41) is 11.6. The van der Waals surface area contributed by atoms with Gasteiger partial charge in [-0.25, -0.2) is 4.79 Å². The van der Waals surface area contributed by atoms with Crippen molar-refractivity contribution >= 4 is 11.9 Å². The number of hydrogen-bond acceptors (Lipinski definition) is 4. The Kier molecular flexibility index (Phi) is 7.69. The molecule has 1 N–H and O–H groups in total. The van der Waals surface area contributed by atoms with Crippen LogP contribution < -0.4 is 5.32 Å². The number of benzene rings is 1. The van der Waals surface area contributed by atoms with Crippen molar-refractivity contribution in [2.75, 3.05) is 6.61 Å². The van der Waals surface area contributed by atoms with Crippen molar-refractivity contribution in [3.05, 3.63) is 35.4 Å². The molecule has 0 bridgehead atoms. The van der Waals surface area contributed by atoms with Crippen molar-refractivity contribution in [2.24, 2.45) is 0 Å². The van der Waals surface area contributed by atoms with Crippen LogP contribution in [0.15, 0.2) is 24.3 Å². The molecule has 1 rings (SSSR count). The first-order valence-corrected chi connectivity index (χ1v) is 7.53. The molecule has 0 aliphatic rings. The van der Waals surface area contributed by atoms with Gasteiger partial charge >= 0.3 is 5.97 Å². The zero-order valence-electron chi connectivity index (χ0n) is 13.1. The normalized spacial score (nSPS) is 11.3. The summed E-state index contributed by atoms with van der Waals surface area (Å²) in [6, 6.07) is 8.21. The highest BCUT2D eigenvalue weighted by atomic mass is 16.5. The Morgan fingerprint density at radius 1 is 1.36 bits per heavy atom. The largest absolute Gasteiger partial charge is 0.452 e. The second-order valence-corrected chi connectivity index (χ2v) is 5.23. The third kappa shape index (κ3) is 6.40. The Bertz CT molecular complexity index is 549. The quantitative estimate of drug-likeness (QED) is 0.591. The van der Waals surface area contributed by atoms with Gasteiger partial charge in [0.05, 0.1) is 17.2 Å². The molecule has 0 fully saturated rings. The molecule has 0 spiro atoms. The molecule has 0 aliphatic carbocycles. The van der Waals surface area contributed by atoms with Gasteiger partial charge in [0.15, 0.2) is 6.61 Å². The van der Waals surface area contributed by atoms with Crippen LogP contribution in [0.5, 0.6) is 0 Å². The van der Waals surface area contributed by atoms with Crippen LogP contribution >= 0.6 is 0 Å². The van der Waals surface area contributed by atoms with E-state index < -0.39 is 5.97 Å². The van der Waals surface area contributed by atoms with Gasteiger partial charge in [-0.3, -0.25) is 4.79 Å². The average Bonchev–Trinajstić information content (AvgIpc) is 2.52. The van der Waals surface area contributed by atoms with Gasteiger partial charge in [0.2, 0.25) is 0 Å². The summed E-state index contributed by atoms with van der Waals surface area (Å²) < 4.78 is 4.96. The predicted octanol–water partition coefficient (Wildman–Crippen LogP) is 2.80. The lowest BCUT2D eigenvalue weighted by Crippen LogP contribution is -2.35. The number of nitrogens with zero attached hydrogens (tertiary/aromatic N) is 1. The van der Waals surface area contributed by atoms with E-state index in [-0.39, 0.29) is 24.1 Å². The van der Waals surface area contributed by atoms with Gasteiger partial charge in [0, 0.05) is 6.04 Å². The molecule has 1 aromatic carbocycles. The number of nitriles is 1. The molecular formula is C17H22N2O3. The SMILES string of the molecule is CCCCCC(C)NC(=O)COC(=O)c1cccc(C#N)c1. The fourth-order valence-corrected chi connectivity index (χ4v) is 2.02. The second-order valence-electron chi connectivity index (χ2n) is 5.23. The molecule has 1 aromatic rings. The van der Waals surface area contributed by atoms with Gasteiger partial charge in [-0.05, 0) is 31.5 Å². The minimum Gasteiger partial charge on any atom is -0.452 e. The average molecular weight is 302 g/mol. The molecular weight excluding hydrogens is 280 g/mol. The maximum absolute atomic E-state index is 11.8. The molecule has 0 saturated heterocycles. The van der Waals surface area contributed by atoms with E-state index in [1.807, 2.05) is 13.0 Å². The van der Waals surface area contributed by atoms with Crippen molar-refractivity contribution in [3.8, 4) is 6.07 Å². The molecule has 0 saturated carbocycles. The first-order chi connectivity index (χ1) is 10.6. The van der Waals surface area contributed by atoms with E-state index in [0.717, 1.165) is 25.7 Å². The van der Waals surface area contributed by atoms with Gasteiger partial charge in [0.25, 0.3) is 5.91 Å². The molecule has 5 nitrogen and oxygen atoms in total. The Hall–Kier alpha value is -2.35. The summed E-state index contributed by atoms with van der Waals surface area (Å²) in [5.41, 5.74) is 0.645. The van der Waals surface area contributed by atoms with Crippen molar-refractivity contribution in [3.63, 3.8) is 0 Å². The number of hydrogen-bond donors (Lipinski definition) is 1. The highest BCUT2D eigenvalue weighted by Crippen LogP contribution is 2.06. The third-order valence-electron chi connectivity index (χ3n) is 3.21. The van der Waals surface area contributed by atoms with Crippen LogP contribution in [0.25, 0.3) is 0 Å². The highest BCUT2D eigenvalue weighted by Gasteiger charge is 2.12. The first-order valence-electron chi connectivity index (χ1n) is 7.53. The van der Waals surface area contributed by atoms with Crippen LogP contribution in [0.3, 0.4) is 0 Å². The molecule has 5 heteroatoms. The van der Waals surface area contributed by atoms with Crippen molar-refractivity contribution in [1.29, 1.82) is 5.26 Å². The summed E-state index contributed by atoms with van der Waals surface area (Å²) in [6.45, 7) is 3.75. The topological polar surface area (TPSA) is 79.2 Å². The minimum atomic E-state index is -0.606. The molecule has 0 radical (unpaired) electrons. The number of carbonyl (C=O) groups excluding carboxylic acids is 2. The van der Waals surface area contributed by atoms with E-state index in [2.05, 4.69) is 12.2 Å². The molecule has 1 atom stereocenters. The van der Waals surface area contributed by atoms with Crippen LogP contribution in [0.4, 0.5) is 0 Å². The zero-order chi connectivity index (χ0) is 16.4. The minimum absolute atomic E-state index is 0.0691. The van der Waals surface area contributed by atoms with Crippen LogP contribution in [0.2, 0.25) is 0 Å². The van der Waals surface area contributed by atoms with Crippen LogP contribution in [0.1, 0.15) is 55.5 Å². The number of unbranched alkanes of at least 4 members (excludes halogenated alkanes) is 2. The summed E-state index contributed by atoms with van der Waals surface area (Å²) in [5.74, 6) is -0.917. The van der Waals surface area contributed by atoms with Crippen molar-refractivity contribution in [2.45, 2.75) is 45.6 Å². The van der Waals surface area contributed by atoms with E-state index in [1.165, 1.54) is 6.07 Å². The maximum Gasteiger partial charge on any atom is 0.338 e. The van der Waals surface area contributed by atoms with Gasteiger partial charge in [-0.2, -0.15) is 5.26 Å². The van der Waals surface area contributed by atoms with E-state index in [4.69, 9.17) is 10.00 Å². The predicted molar refractivity (Wildman–Crippen MR) is 83.2 cm³/mol. The zero-order valence-corrected chi connectivity index (χ0v) is 13.1. The molecule has 0 aromatic heterocycles. The number of nitrogens with one attached hydrogen (secondary N) is 1. The summed E-state index contributed by atoms with van der Waals surface area (Å²) in [6.07, 6.45) is 4.26. The summed E-state index contributed by atoms with van der Waals surface area (Å²) >= 11 is 0. The second kappa shape index (κ2) is 9.56. The number of amides is 1. The molecule has 1 amide bonds. The third-order valence-corrected chi connectivity index (χ3v) is 3.21. The molecule has 0 heterocycles. The van der Waals surface area contributed by atoms with E-state index in [9.17, 15) is 9.59 Å². The monoisotopic (exact) mass is 302 g/mol. The van der Waals surface area contributed by atoms with Crippen molar-refractivity contribution < 1.29 is 14.3 Å². The maximum atomic E-state index is 11.8. The molecule has 0 aliphatic heterocycles. The summed E-state index contributed by atoms with van der Waals surface area (Å²) in [7, 11) is 0. The number of rotatable bonds is 8. The first kappa shape index (κ1) is 17.7. The number of ether oxygens (including phenoxy) is 1. The number of esters is 1. The van der Waals surface area contributed by atoms with Gasteiger partial charge in [-0.1, -0.05) is 32.3 Å². The molecule has 1 unspecified atom stereocenters. The van der Waals surface area contributed by atoms with Crippen LogP contribution in [-0.2, 0) is 9.53 Å². The van der Waals surface area contributed by atoms with Crippen LogP contribution in [0, 0.1) is 11.3 Å². The smallest absolute Gasteiger partial charge is 0.338 e. The fraction of sp³-hybridized carbons (Fsp3) is 0.471. The summed E-state index contributed by atoms with van der Waals surface area (Å²) in [4.78, 5) is 23.5. The lowest BCUT2D eigenvalue weighted by molar-refractivity contribution is -0.124. The van der Waals surface area contributed by atoms with Gasteiger partial charge in [-0.15, -0.1) is 0 Å². The van der Waals surface area contributed by atoms with Gasteiger partial charge in [0.1, 0.15) is 0 Å². The standard InChI is InChI=1S/C17H22N2O3/c1-3-4-5-7-13(2)19-16(20)12-22-17(21)15-9-6-8-14(10-15)11-18/h6,8-10,13H,3-5,7,12H2,1-2H3,(H,19,20). The molecule has 22 heavy (non-hydrogen) atoms. The lowest BCUT2D eigenvalue weighted by atomic mass is 10.1. The van der Waals surface area contributed by atoms with Crippen LogP contribution in [-0.4, -0.2) is 24.5 Å². The lowest BCUT2D eigenvalue weighted by Gasteiger charge is -2.13.